The number of carboxylic acids is 2. The molecule has 0 bridgehead atoms. The average molecular weight is 522 g/mol. The van der Waals surface area contributed by atoms with E-state index in [0.717, 1.165) is 0 Å². The Hall–Kier alpha value is -3.11. The average Bonchev–Trinajstić information content (AvgIpc) is 2.76. The number of guanidine groups is 1. The number of aliphatic hydroxyl groups excluding tert-OH is 1. The summed E-state index contributed by atoms with van der Waals surface area (Å²) in [6.45, 7) is 1.35. The van der Waals surface area contributed by atoms with E-state index >= 15 is 0 Å². The van der Waals surface area contributed by atoms with Crippen molar-refractivity contribution in [1.29, 1.82) is 0 Å². The Balaban J connectivity index is 5.62. The molecule has 0 aromatic carbocycles. The molecule has 0 fully saturated rings. The number of carbonyl (C=O) groups excluding carboxylic acids is 3. The number of aliphatic hydroxyl groups is 1. The fraction of sp³-hybridized carbons (Fsp3) is 0.684. The summed E-state index contributed by atoms with van der Waals surface area (Å²) >= 11 is 1.39. The minimum atomic E-state index is -1.62. The number of carboxylic acid groups (broad SMARTS) is 2. The molecule has 5 atom stereocenters. The van der Waals surface area contributed by atoms with Gasteiger partial charge in [-0.25, -0.2) is 4.79 Å². The maximum absolute atomic E-state index is 12.8. The minimum absolute atomic E-state index is 0.0237. The van der Waals surface area contributed by atoms with E-state index in [4.69, 9.17) is 22.3 Å². The quantitative estimate of drug-likeness (QED) is 0.0512. The highest BCUT2D eigenvalue weighted by Gasteiger charge is 2.31. The maximum Gasteiger partial charge on any atom is 0.326 e. The van der Waals surface area contributed by atoms with E-state index in [1.807, 2.05) is 0 Å². The number of aliphatic carboxylic acids is 2. The Morgan fingerprint density at radius 1 is 0.914 bits per heavy atom. The Bertz CT molecular complexity index is 776. The Morgan fingerprint density at radius 2 is 1.46 bits per heavy atom. The van der Waals surface area contributed by atoms with Gasteiger partial charge in [0.2, 0.25) is 17.7 Å². The largest absolute Gasteiger partial charge is 0.481 e. The van der Waals surface area contributed by atoms with Crippen molar-refractivity contribution in [3.05, 3.63) is 0 Å². The molecule has 0 aromatic heterocycles. The summed E-state index contributed by atoms with van der Waals surface area (Å²) < 4.78 is 0. The van der Waals surface area contributed by atoms with E-state index in [1.54, 1.807) is 6.26 Å². The molecule has 16 heteroatoms. The first-order valence-corrected chi connectivity index (χ1v) is 12.0. The standard InChI is InChI=1S/C19H35N7O8S/c1-9(27)14(20)17(32)26-12(8-13(28)29)16(31)24-10(4-3-6-23-19(21)22)15(30)25-11(18(33)34)5-7-35-2/h9-12,14,27H,3-8,20H2,1-2H3,(H,24,31)(H,25,30)(H,26,32)(H,28,29)(H,33,34)(H4,21,22,23). The second-order valence-corrected chi connectivity index (χ2v) is 8.60. The summed E-state index contributed by atoms with van der Waals surface area (Å²) in [5.41, 5.74) is 16.0. The van der Waals surface area contributed by atoms with Crippen LogP contribution in [0.1, 0.15) is 32.6 Å². The third kappa shape index (κ3) is 13.4. The van der Waals surface area contributed by atoms with Crippen LogP contribution in [0.15, 0.2) is 4.99 Å². The molecule has 0 saturated carbocycles. The second kappa shape index (κ2) is 16.5. The first-order chi connectivity index (χ1) is 16.3. The number of thioether (sulfide) groups is 1. The molecule has 0 aliphatic carbocycles. The van der Waals surface area contributed by atoms with E-state index in [2.05, 4.69) is 20.9 Å². The molecule has 12 N–H and O–H groups in total. The highest BCUT2D eigenvalue weighted by Crippen LogP contribution is 2.06. The van der Waals surface area contributed by atoms with Crippen LogP contribution in [0.5, 0.6) is 0 Å². The van der Waals surface area contributed by atoms with Gasteiger partial charge in [0.1, 0.15) is 24.2 Å². The van der Waals surface area contributed by atoms with Gasteiger partial charge in [0, 0.05) is 6.54 Å². The second-order valence-electron chi connectivity index (χ2n) is 7.62. The fourth-order valence-corrected chi connectivity index (χ4v) is 3.15. The molecule has 0 spiro atoms. The predicted octanol–water partition coefficient (Wildman–Crippen LogP) is -3.49. The highest BCUT2D eigenvalue weighted by molar-refractivity contribution is 7.98. The molecule has 0 aliphatic heterocycles. The van der Waals surface area contributed by atoms with Crippen molar-refractivity contribution in [3.8, 4) is 0 Å². The molecule has 0 aliphatic rings. The summed E-state index contributed by atoms with van der Waals surface area (Å²) in [7, 11) is 0. The third-order valence-corrected chi connectivity index (χ3v) is 5.28. The van der Waals surface area contributed by atoms with Crippen molar-refractivity contribution in [2.75, 3.05) is 18.6 Å². The monoisotopic (exact) mass is 521 g/mol. The molecule has 200 valence electrons. The summed E-state index contributed by atoms with van der Waals surface area (Å²) in [5, 5.41) is 34.8. The van der Waals surface area contributed by atoms with Crippen LogP contribution in [0.2, 0.25) is 0 Å². The van der Waals surface area contributed by atoms with Gasteiger partial charge in [0.15, 0.2) is 5.96 Å². The normalized spacial score (nSPS) is 15.0. The molecule has 3 amide bonds. The lowest BCUT2D eigenvalue weighted by Gasteiger charge is -2.25. The van der Waals surface area contributed by atoms with Crippen LogP contribution in [-0.4, -0.2) is 99.8 Å². The van der Waals surface area contributed by atoms with Crippen molar-refractivity contribution < 1.29 is 39.3 Å². The molecule has 0 aromatic rings. The summed E-state index contributed by atoms with van der Waals surface area (Å²) in [4.78, 5) is 64.2. The van der Waals surface area contributed by atoms with Gasteiger partial charge < -0.3 is 48.5 Å². The molecule has 0 saturated heterocycles. The number of carbonyl (C=O) groups is 5. The summed E-state index contributed by atoms with van der Waals surface area (Å²) in [5.74, 6) is -5.23. The maximum atomic E-state index is 12.8. The van der Waals surface area contributed by atoms with Gasteiger partial charge in [0.05, 0.1) is 12.5 Å². The number of aliphatic imine (C=N–C) groups is 1. The van der Waals surface area contributed by atoms with Crippen molar-refractivity contribution in [1.82, 2.24) is 16.0 Å². The van der Waals surface area contributed by atoms with Crippen LogP contribution < -0.4 is 33.2 Å². The van der Waals surface area contributed by atoms with Gasteiger partial charge in [-0.15, -0.1) is 0 Å². The number of amides is 3. The van der Waals surface area contributed by atoms with Crippen LogP contribution in [-0.2, 0) is 24.0 Å². The molecule has 35 heavy (non-hydrogen) atoms. The van der Waals surface area contributed by atoms with Gasteiger partial charge in [-0.05, 0) is 38.2 Å². The number of hydrogen-bond donors (Lipinski definition) is 9. The lowest BCUT2D eigenvalue weighted by molar-refractivity contribution is -0.143. The zero-order chi connectivity index (χ0) is 27.1. The van der Waals surface area contributed by atoms with Crippen molar-refractivity contribution >= 4 is 47.4 Å². The molecule has 0 heterocycles. The topological polar surface area (TPSA) is 273 Å². The lowest BCUT2D eigenvalue weighted by Crippen LogP contribution is -2.58. The van der Waals surface area contributed by atoms with Crippen molar-refractivity contribution in [2.24, 2.45) is 22.2 Å². The molecular weight excluding hydrogens is 486 g/mol. The number of rotatable bonds is 17. The van der Waals surface area contributed by atoms with E-state index in [-0.39, 0.29) is 31.8 Å². The predicted molar refractivity (Wildman–Crippen MR) is 128 cm³/mol. The molecule has 0 rings (SSSR count). The first-order valence-electron chi connectivity index (χ1n) is 10.6. The van der Waals surface area contributed by atoms with E-state index in [9.17, 15) is 34.2 Å². The number of nitrogens with zero attached hydrogens (tertiary/aromatic N) is 1. The number of hydrogen-bond acceptors (Lipinski definition) is 9. The van der Waals surface area contributed by atoms with Crippen molar-refractivity contribution in [2.45, 2.75) is 62.9 Å². The number of nitrogens with one attached hydrogen (secondary N) is 3. The Labute approximate surface area is 206 Å². The molecule has 5 unspecified atom stereocenters. The number of nitrogens with two attached hydrogens (primary N) is 3. The molecule has 15 nitrogen and oxygen atoms in total. The Morgan fingerprint density at radius 3 is 1.94 bits per heavy atom. The van der Waals surface area contributed by atoms with Crippen LogP contribution in [0.25, 0.3) is 0 Å². The molecular formula is C19H35N7O8S. The minimum Gasteiger partial charge on any atom is -0.481 e. The van der Waals surface area contributed by atoms with E-state index in [1.165, 1.54) is 18.7 Å². The van der Waals surface area contributed by atoms with Gasteiger partial charge in [0.25, 0.3) is 0 Å². The van der Waals surface area contributed by atoms with E-state index < -0.39 is 66.4 Å². The van der Waals surface area contributed by atoms with Gasteiger partial charge >= 0.3 is 11.9 Å². The van der Waals surface area contributed by atoms with Gasteiger partial charge in [-0.1, -0.05) is 0 Å². The van der Waals surface area contributed by atoms with Gasteiger partial charge in [-0.3, -0.25) is 24.2 Å². The van der Waals surface area contributed by atoms with E-state index in [0.29, 0.717) is 5.75 Å². The fourth-order valence-electron chi connectivity index (χ4n) is 2.68. The summed E-state index contributed by atoms with van der Waals surface area (Å²) in [6, 6.07) is -5.55. The lowest BCUT2D eigenvalue weighted by atomic mass is 10.1. The van der Waals surface area contributed by atoms with Crippen LogP contribution in [0.4, 0.5) is 0 Å². The van der Waals surface area contributed by atoms with Crippen molar-refractivity contribution in [3.63, 3.8) is 0 Å². The zero-order valence-electron chi connectivity index (χ0n) is 19.6. The van der Waals surface area contributed by atoms with Crippen LogP contribution in [0.3, 0.4) is 0 Å². The third-order valence-electron chi connectivity index (χ3n) is 4.64. The smallest absolute Gasteiger partial charge is 0.326 e. The SMILES string of the molecule is CSCCC(NC(=O)C(CCCN=C(N)N)NC(=O)C(CC(=O)O)NC(=O)C(N)C(C)O)C(=O)O. The highest BCUT2D eigenvalue weighted by atomic mass is 32.2. The molecule has 0 radical (unpaired) electrons. The zero-order valence-corrected chi connectivity index (χ0v) is 20.4. The van der Waals surface area contributed by atoms with Gasteiger partial charge in [-0.2, -0.15) is 11.8 Å². The Kier molecular flexibility index (Phi) is 15.0. The van der Waals surface area contributed by atoms with Crippen LogP contribution >= 0.6 is 11.8 Å². The summed E-state index contributed by atoms with van der Waals surface area (Å²) in [6.07, 6.45) is -0.0182. The van der Waals surface area contributed by atoms with Crippen LogP contribution in [0, 0.1) is 0 Å². The first kappa shape index (κ1) is 31.9.